The van der Waals surface area contributed by atoms with Gasteiger partial charge in [0, 0.05) is 16.5 Å². The van der Waals surface area contributed by atoms with E-state index in [0.29, 0.717) is 52.6 Å². The number of ether oxygens (including phenoxy) is 3. The lowest BCUT2D eigenvalue weighted by Crippen LogP contribution is -2.22. The molecule has 3 aromatic rings. The van der Waals surface area contributed by atoms with Gasteiger partial charge < -0.3 is 14.2 Å². The molecule has 32 heavy (non-hydrogen) atoms. The minimum atomic E-state index is -0.228. The molecule has 0 fully saturated rings. The first-order chi connectivity index (χ1) is 15.2. The largest absolute Gasteiger partial charge is 0.493 e. The topological polar surface area (TPSA) is 74.9 Å². The van der Waals surface area contributed by atoms with Crippen molar-refractivity contribution in [1.82, 2.24) is 9.66 Å². The number of nitrogens with zero attached hydrogens (tertiary/aromatic N) is 3. The van der Waals surface area contributed by atoms with Gasteiger partial charge in [0.2, 0.25) is 5.75 Å². The molecule has 8 heteroatoms. The van der Waals surface area contributed by atoms with Gasteiger partial charge in [-0.15, -0.1) is 0 Å². The van der Waals surface area contributed by atoms with E-state index < -0.39 is 0 Å². The van der Waals surface area contributed by atoms with E-state index in [1.54, 1.807) is 38.6 Å². The van der Waals surface area contributed by atoms with Crippen LogP contribution in [0.3, 0.4) is 0 Å². The van der Waals surface area contributed by atoms with E-state index in [-0.39, 0.29) is 11.0 Å². The molecule has 0 N–H and O–H groups in total. The number of rotatable bonds is 7. The molecule has 1 aromatic heterocycles. The number of aromatic nitrogens is 2. The molecule has 0 spiro atoms. The minimum absolute atomic E-state index is 0.0219. The summed E-state index contributed by atoms with van der Waals surface area (Å²) in [5.74, 6) is 2.16. The van der Waals surface area contributed by atoms with Crippen LogP contribution in [0.2, 0.25) is 0 Å². The van der Waals surface area contributed by atoms with Crippen molar-refractivity contribution >= 4 is 33.0 Å². The van der Waals surface area contributed by atoms with Crippen LogP contribution in [0.1, 0.15) is 39.1 Å². The van der Waals surface area contributed by atoms with Crippen LogP contribution in [0.5, 0.6) is 17.2 Å². The second-order valence-corrected chi connectivity index (χ2v) is 9.42. The number of aryl methyl sites for hydroxylation is 1. The standard InChI is InChI=1S/C24H28BrN3O4/c1-7-21-27-18-9-8-16(25)12-17(18)23(29)28(21)26-13-15-10-19(30-5)22(20(11-15)31-6)32-14-24(2,3)4/h8-13H,7,14H2,1-6H3. The third kappa shape index (κ3) is 5.30. The Hall–Kier alpha value is -2.87. The quantitative estimate of drug-likeness (QED) is 0.423. The summed E-state index contributed by atoms with van der Waals surface area (Å²) < 4.78 is 19.2. The van der Waals surface area contributed by atoms with Gasteiger partial charge in [0.1, 0.15) is 5.82 Å². The van der Waals surface area contributed by atoms with Crippen LogP contribution in [0.15, 0.2) is 44.7 Å². The third-order valence-electron chi connectivity index (χ3n) is 4.65. The van der Waals surface area contributed by atoms with E-state index in [0.717, 1.165) is 4.47 Å². The molecule has 0 saturated carbocycles. The molecule has 2 aromatic carbocycles. The van der Waals surface area contributed by atoms with Gasteiger partial charge in [0.15, 0.2) is 11.5 Å². The van der Waals surface area contributed by atoms with Crippen molar-refractivity contribution in [1.29, 1.82) is 0 Å². The van der Waals surface area contributed by atoms with Gasteiger partial charge in [-0.3, -0.25) is 4.79 Å². The zero-order valence-electron chi connectivity index (χ0n) is 19.2. The number of methoxy groups -OCH3 is 2. The van der Waals surface area contributed by atoms with Crippen LogP contribution in [-0.2, 0) is 6.42 Å². The molecule has 0 atom stereocenters. The van der Waals surface area contributed by atoms with Gasteiger partial charge >= 0.3 is 0 Å². The fourth-order valence-corrected chi connectivity index (χ4v) is 3.43. The molecule has 7 nitrogen and oxygen atoms in total. The Labute approximate surface area is 196 Å². The van der Waals surface area contributed by atoms with Gasteiger partial charge in [-0.05, 0) is 35.7 Å². The first-order valence-corrected chi connectivity index (χ1v) is 11.1. The van der Waals surface area contributed by atoms with E-state index in [2.05, 4.69) is 46.8 Å². The van der Waals surface area contributed by atoms with Crippen LogP contribution in [0.25, 0.3) is 10.9 Å². The summed E-state index contributed by atoms with van der Waals surface area (Å²) in [5.41, 5.74) is 1.09. The Bertz CT molecular complexity index is 1190. The molecular weight excluding hydrogens is 474 g/mol. The van der Waals surface area contributed by atoms with Crippen LogP contribution >= 0.6 is 15.9 Å². The maximum Gasteiger partial charge on any atom is 0.282 e. The zero-order chi connectivity index (χ0) is 23.5. The first kappa shape index (κ1) is 23.8. The van der Waals surface area contributed by atoms with Crippen LogP contribution < -0.4 is 19.8 Å². The first-order valence-electron chi connectivity index (χ1n) is 10.3. The van der Waals surface area contributed by atoms with Gasteiger partial charge in [-0.1, -0.05) is 43.6 Å². The maximum atomic E-state index is 13.1. The Morgan fingerprint density at radius 2 is 1.78 bits per heavy atom. The lowest BCUT2D eigenvalue weighted by Gasteiger charge is -2.21. The number of fused-ring (bicyclic) bond motifs is 1. The Kier molecular flexibility index (Phi) is 7.23. The highest BCUT2D eigenvalue weighted by atomic mass is 79.9. The molecule has 1 heterocycles. The van der Waals surface area contributed by atoms with Crippen molar-refractivity contribution in [2.75, 3.05) is 20.8 Å². The molecule has 0 saturated heterocycles. The molecule has 0 aliphatic heterocycles. The van der Waals surface area contributed by atoms with Gasteiger partial charge in [-0.2, -0.15) is 9.78 Å². The Balaban J connectivity index is 2.05. The SMILES string of the molecule is CCc1nc2ccc(Br)cc2c(=O)n1N=Cc1cc(OC)c(OCC(C)(C)C)c(OC)c1. The summed E-state index contributed by atoms with van der Waals surface area (Å²) in [4.78, 5) is 17.7. The third-order valence-corrected chi connectivity index (χ3v) is 5.14. The number of halogens is 1. The van der Waals surface area contributed by atoms with Crippen molar-refractivity contribution in [3.8, 4) is 17.2 Å². The summed E-state index contributed by atoms with van der Waals surface area (Å²) in [6.07, 6.45) is 2.15. The maximum absolute atomic E-state index is 13.1. The predicted octanol–water partition coefficient (Wildman–Crippen LogP) is 5.05. The summed E-state index contributed by atoms with van der Waals surface area (Å²) in [7, 11) is 3.15. The van der Waals surface area contributed by atoms with Crippen molar-refractivity contribution in [3.63, 3.8) is 0 Å². The highest BCUT2D eigenvalue weighted by Gasteiger charge is 2.18. The number of benzene rings is 2. The van der Waals surface area contributed by atoms with E-state index in [4.69, 9.17) is 14.2 Å². The van der Waals surface area contributed by atoms with Gasteiger partial charge in [-0.25, -0.2) is 4.98 Å². The second kappa shape index (κ2) is 9.73. The molecule has 3 rings (SSSR count). The normalized spacial score (nSPS) is 11.8. The van der Waals surface area contributed by atoms with Crippen LogP contribution in [-0.4, -0.2) is 36.7 Å². The van der Waals surface area contributed by atoms with Gasteiger partial charge in [0.25, 0.3) is 5.56 Å². The molecule has 0 unspecified atom stereocenters. The fourth-order valence-electron chi connectivity index (χ4n) is 3.07. The van der Waals surface area contributed by atoms with Crippen LogP contribution in [0.4, 0.5) is 0 Å². The molecule has 0 amide bonds. The smallest absolute Gasteiger partial charge is 0.282 e. The second-order valence-electron chi connectivity index (χ2n) is 8.51. The summed E-state index contributed by atoms with van der Waals surface area (Å²) in [6.45, 7) is 8.71. The number of hydrogen-bond donors (Lipinski definition) is 0. The molecule has 170 valence electrons. The monoisotopic (exact) mass is 501 g/mol. The van der Waals surface area contributed by atoms with Gasteiger partial charge in [0.05, 0.1) is 37.9 Å². The zero-order valence-corrected chi connectivity index (χ0v) is 20.8. The van der Waals surface area contributed by atoms with Crippen molar-refractivity contribution < 1.29 is 14.2 Å². The summed E-state index contributed by atoms with van der Waals surface area (Å²) >= 11 is 3.41. The van der Waals surface area contributed by atoms with E-state index in [1.807, 2.05) is 19.1 Å². The van der Waals surface area contributed by atoms with Crippen molar-refractivity contribution in [2.45, 2.75) is 34.1 Å². The Morgan fingerprint density at radius 3 is 2.34 bits per heavy atom. The van der Waals surface area contributed by atoms with Crippen molar-refractivity contribution in [2.24, 2.45) is 10.5 Å². The summed E-state index contributed by atoms with van der Waals surface area (Å²) in [5, 5.41) is 4.94. The molecular formula is C24H28BrN3O4. The fraction of sp³-hybridized carbons (Fsp3) is 0.375. The van der Waals surface area contributed by atoms with E-state index in [1.165, 1.54) is 4.68 Å². The van der Waals surface area contributed by atoms with E-state index in [9.17, 15) is 4.79 Å². The van der Waals surface area contributed by atoms with Crippen molar-refractivity contribution in [3.05, 3.63) is 56.5 Å². The highest BCUT2D eigenvalue weighted by Crippen LogP contribution is 2.39. The lowest BCUT2D eigenvalue weighted by atomic mass is 9.99. The molecule has 0 aliphatic rings. The minimum Gasteiger partial charge on any atom is -0.493 e. The molecule has 0 radical (unpaired) electrons. The molecule has 0 bridgehead atoms. The average Bonchev–Trinajstić information content (AvgIpc) is 2.76. The predicted molar refractivity (Wildman–Crippen MR) is 131 cm³/mol. The van der Waals surface area contributed by atoms with Crippen LogP contribution in [0, 0.1) is 5.41 Å². The Morgan fingerprint density at radius 1 is 1.12 bits per heavy atom. The molecule has 0 aliphatic carbocycles. The highest BCUT2D eigenvalue weighted by molar-refractivity contribution is 9.10. The summed E-state index contributed by atoms with van der Waals surface area (Å²) in [6, 6.07) is 9.03. The van der Waals surface area contributed by atoms with E-state index >= 15 is 0 Å². The average molecular weight is 502 g/mol. The number of hydrogen-bond acceptors (Lipinski definition) is 6. The lowest BCUT2D eigenvalue weighted by molar-refractivity contribution is 0.184.